The van der Waals surface area contributed by atoms with Crippen molar-refractivity contribution in [3.8, 4) is 70.6 Å². The highest BCUT2D eigenvalue weighted by atomic mass is 32.2. The molecule has 4 saturated heterocycles. The van der Waals surface area contributed by atoms with E-state index in [-0.39, 0.29) is 66.5 Å². The Morgan fingerprint density at radius 2 is 0.787 bits per heavy atom. The Bertz CT molecular complexity index is 2920. The van der Waals surface area contributed by atoms with Crippen LogP contribution in [0, 0.1) is 47.4 Å². The van der Waals surface area contributed by atoms with Crippen molar-refractivity contribution in [2.75, 3.05) is 78.8 Å². The molecule has 4 aromatic rings. The summed E-state index contributed by atoms with van der Waals surface area (Å²) in [5.74, 6) is 23.5. The van der Waals surface area contributed by atoms with E-state index in [1.807, 2.05) is 0 Å². The first-order valence-corrected chi connectivity index (χ1v) is 32.6. The second kappa shape index (κ2) is 32.1. The zero-order valence-electron chi connectivity index (χ0n) is 44.4. The maximum atomic E-state index is 12.4. The summed E-state index contributed by atoms with van der Waals surface area (Å²) in [6, 6.07) is 12.5. The van der Waals surface area contributed by atoms with Gasteiger partial charge >= 0.3 is 0 Å². The zero-order valence-corrected chi connectivity index (χ0v) is 51.3. The summed E-state index contributed by atoms with van der Waals surface area (Å²) in [6.07, 6.45) is 8.28. The van der Waals surface area contributed by atoms with Gasteiger partial charge in [-0.25, -0.2) is 53.6 Å². The summed E-state index contributed by atoms with van der Waals surface area (Å²) in [5, 5.41) is 0.364. The summed E-state index contributed by atoms with van der Waals surface area (Å²) in [4.78, 5) is 16.3. The molecule has 80 heavy (non-hydrogen) atoms. The standard InChI is InChI=1S/C14H17NO3S2.2C13H16N2O3S2.C12H15N3O3S2/c1-2-3-10-18-12-4-6-14(7-5-12)20(16,17)15-9-8-13(19)11-15;1-2-3-8-18-13-5-4-12(9-14-13)20(16,17)15-7-6-11(19)10-15;1-2-3-8-18-11-4-5-13(14-9-11)20(16,17)15-7-6-12(19)10-15;1-2-3-6-18-11-7-14-12(8-13-11)20(16,17)15-5-4-10(19)9-15/h4-7,13,19H,8-11H2,1H3;4-5,9,11,19H,6-8,10H2,1H3;4-5,9,12,19H,6-8,10H2,1H3;7-8,10,19H,4-6,9H2,1H3. The van der Waals surface area contributed by atoms with E-state index in [1.54, 1.807) is 64.1 Å². The van der Waals surface area contributed by atoms with E-state index < -0.39 is 40.1 Å². The lowest BCUT2D eigenvalue weighted by molar-refractivity contribution is 0.352. The molecule has 0 bridgehead atoms. The lowest BCUT2D eigenvalue weighted by Crippen LogP contribution is -2.29. The van der Waals surface area contributed by atoms with E-state index in [1.165, 1.54) is 54.1 Å². The third-order valence-corrected chi connectivity index (χ3v) is 20.7. The molecule has 1 aromatic carbocycles. The molecule has 7 heterocycles. The Labute approximate surface area is 493 Å². The first-order valence-electron chi connectivity index (χ1n) is 24.8. The highest BCUT2D eigenvalue weighted by Crippen LogP contribution is 2.28. The van der Waals surface area contributed by atoms with E-state index in [2.05, 4.69) is 118 Å². The third-order valence-electron chi connectivity index (χ3n) is 11.7. The van der Waals surface area contributed by atoms with Crippen LogP contribution in [-0.2, 0) is 40.1 Å². The molecule has 0 saturated carbocycles. The Morgan fingerprint density at radius 1 is 0.412 bits per heavy atom. The van der Waals surface area contributed by atoms with Gasteiger partial charge < -0.3 is 18.9 Å². The fourth-order valence-electron chi connectivity index (χ4n) is 7.46. The maximum Gasteiger partial charge on any atom is 0.262 e. The van der Waals surface area contributed by atoms with Gasteiger partial charge in [-0.1, -0.05) is 23.7 Å². The molecule has 4 atom stereocenters. The molecule has 4 aliphatic heterocycles. The lowest BCUT2D eigenvalue weighted by Gasteiger charge is -2.16. The molecular weight excluding hydrogens is 1190 g/mol. The Morgan fingerprint density at radius 3 is 1.18 bits per heavy atom. The van der Waals surface area contributed by atoms with Crippen molar-refractivity contribution in [2.45, 2.75) is 94.2 Å². The Balaban J connectivity index is 0.000000196. The number of pyridine rings is 2. The van der Waals surface area contributed by atoms with Crippen molar-refractivity contribution in [2.24, 2.45) is 0 Å². The predicted octanol–water partition coefficient (Wildman–Crippen LogP) is 4.71. The second-order valence-electron chi connectivity index (χ2n) is 17.4. The molecule has 4 aliphatic rings. The molecule has 28 heteroatoms. The smallest absolute Gasteiger partial charge is 0.262 e. The molecule has 0 aliphatic carbocycles. The van der Waals surface area contributed by atoms with Crippen molar-refractivity contribution in [3.63, 3.8) is 0 Å². The van der Waals surface area contributed by atoms with E-state index in [9.17, 15) is 33.7 Å². The van der Waals surface area contributed by atoms with Gasteiger partial charge in [-0.15, -0.1) is 23.7 Å². The molecule has 0 N–H and O–H groups in total. The molecule has 4 fully saturated rings. The van der Waals surface area contributed by atoms with Crippen LogP contribution >= 0.6 is 50.5 Å². The van der Waals surface area contributed by atoms with E-state index in [4.69, 9.17) is 18.9 Å². The molecule has 8 rings (SSSR count). The predicted molar refractivity (Wildman–Crippen MR) is 317 cm³/mol. The van der Waals surface area contributed by atoms with Crippen molar-refractivity contribution in [1.82, 2.24) is 37.2 Å². The monoisotopic (exact) mass is 1250 g/mol. The number of benzene rings is 1. The van der Waals surface area contributed by atoms with Crippen LogP contribution in [0.5, 0.6) is 23.3 Å². The van der Waals surface area contributed by atoms with Crippen molar-refractivity contribution < 1.29 is 52.6 Å². The summed E-state index contributed by atoms with van der Waals surface area (Å²) in [6.45, 7) is 11.6. The van der Waals surface area contributed by atoms with Crippen LogP contribution in [0.15, 0.2) is 93.2 Å². The van der Waals surface area contributed by atoms with Crippen LogP contribution in [-0.4, -0.2) is 171 Å². The fraction of sp³-hybridized carbons (Fsp3) is 0.462. The minimum absolute atomic E-state index is 0.0360. The van der Waals surface area contributed by atoms with Crippen LogP contribution in [0.25, 0.3) is 0 Å². The number of hydrogen-bond acceptors (Lipinski definition) is 20. The van der Waals surface area contributed by atoms with Gasteiger partial charge in [-0.3, -0.25) is 0 Å². The minimum Gasteiger partial charge on any atom is -0.481 e. The SMILES string of the molecule is CC#CCOc1ccc(S(=O)(=O)N2CCC(S)C2)cc1.CC#CCOc1ccc(S(=O)(=O)N2CCC(S)C2)cn1.CC#CCOc1ccc(S(=O)(=O)N2CCC(S)C2)nc1.CC#CCOc1cnc(S(=O)(=O)N2CCC(S)C2)cn1. The van der Waals surface area contributed by atoms with E-state index >= 15 is 0 Å². The van der Waals surface area contributed by atoms with Crippen LogP contribution in [0.4, 0.5) is 0 Å². The maximum absolute atomic E-state index is 12.4. The number of ether oxygens (including phenoxy) is 4. The second-order valence-corrected chi connectivity index (χ2v) is 28.0. The summed E-state index contributed by atoms with van der Waals surface area (Å²) < 4.78 is 125. The van der Waals surface area contributed by atoms with Crippen LogP contribution < -0.4 is 18.9 Å². The fourth-order valence-corrected chi connectivity index (χ4v) is 14.9. The third kappa shape index (κ3) is 19.6. The molecule has 3 aromatic heterocycles. The van der Waals surface area contributed by atoms with Crippen molar-refractivity contribution >= 4 is 90.6 Å². The zero-order chi connectivity index (χ0) is 58.4. The number of hydrogen-bond donors (Lipinski definition) is 4. The van der Waals surface area contributed by atoms with Crippen LogP contribution in [0.2, 0.25) is 0 Å². The van der Waals surface area contributed by atoms with Crippen molar-refractivity contribution in [1.29, 1.82) is 0 Å². The number of thiol groups is 4. The first-order chi connectivity index (χ1) is 38.1. The molecule has 20 nitrogen and oxygen atoms in total. The largest absolute Gasteiger partial charge is 0.481 e. The molecule has 0 spiro atoms. The van der Waals surface area contributed by atoms with Gasteiger partial charge in [0, 0.05) is 79.4 Å². The van der Waals surface area contributed by atoms with Gasteiger partial charge in [0.1, 0.15) is 29.6 Å². The molecule has 0 amide bonds. The number of nitrogens with zero attached hydrogens (tertiary/aromatic N) is 8. The summed E-state index contributed by atoms with van der Waals surface area (Å²) in [7, 11) is -14.0. The van der Waals surface area contributed by atoms with Gasteiger partial charge in [0.15, 0.2) is 23.3 Å². The Hall–Kier alpha value is -4.92. The summed E-state index contributed by atoms with van der Waals surface area (Å²) >= 11 is 17.2. The average molecular weight is 1250 g/mol. The lowest BCUT2D eigenvalue weighted by atomic mass is 10.3. The number of aromatic nitrogens is 4. The highest BCUT2D eigenvalue weighted by Gasteiger charge is 2.35. The van der Waals surface area contributed by atoms with Gasteiger partial charge in [0.05, 0.1) is 29.7 Å². The van der Waals surface area contributed by atoms with Gasteiger partial charge in [-0.05, 0) is 95.8 Å². The van der Waals surface area contributed by atoms with Crippen molar-refractivity contribution in [3.05, 3.63) is 73.3 Å². The normalized spacial score (nSPS) is 19.4. The Kier molecular flexibility index (Phi) is 26.4. The van der Waals surface area contributed by atoms with Gasteiger partial charge in [0.2, 0.25) is 31.8 Å². The van der Waals surface area contributed by atoms with Gasteiger partial charge in [-0.2, -0.15) is 67.7 Å². The highest BCUT2D eigenvalue weighted by molar-refractivity contribution is 7.90. The number of rotatable bonds is 16. The van der Waals surface area contributed by atoms with Crippen LogP contribution in [0.3, 0.4) is 0 Å². The molecular formula is C52H64N8O12S8. The molecule has 432 valence electrons. The molecule has 0 radical (unpaired) electrons. The number of sulfonamides is 4. The topological polar surface area (TPSA) is 238 Å². The summed E-state index contributed by atoms with van der Waals surface area (Å²) in [5.41, 5.74) is 0. The first kappa shape index (κ1) is 65.9. The average Bonchev–Trinajstić information content (AvgIpc) is 4.31. The van der Waals surface area contributed by atoms with E-state index in [0.29, 0.717) is 76.3 Å². The minimum atomic E-state index is -3.59. The van der Waals surface area contributed by atoms with Crippen LogP contribution in [0.1, 0.15) is 53.4 Å². The quantitative estimate of drug-likeness (QED) is 0.0878. The molecule has 4 unspecified atom stereocenters. The van der Waals surface area contributed by atoms with E-state index in [0.717, 1.165) is 25.7 Å². The van der Waals surface area contributed by atoms with Gasteiger partial charge in [0.25, 0.3) is 20.0 Å².